The molecule has 1 atom stereocenters. The molecule has 0 amide bonds. The van der Waals surface area contributed by atoms with Crippen LogP contribution in [0.5, 0.6) is 0 Å². The molecular weight excluding hydrogens is 308 g/mol. The predicted octanol–water partition coefficient (Wildman–Crippen LogP) is 1.68. The Bertz CT molecular complexity index is 748. The van der Waals surface area contributed by atoms with Crippen molar-refractivity contribution >= 4 is 21.4 Å². The van der Waals surface area contributed by atoms with Gasteiger partial charge in [-0.2, -0.15) is 5.10 Å². The second-order valence-electron chi connectivity index (χ2n) is 5.38. The summed E-state index contributed by atoms with van der Waals surface area (Å²) in [4.78, 5) is 4.22. The number of aromatic nitrogens is 3. The molecule has 3 rings (SSSR count). The van der Waals surface area contributed by atoms with E-state index in [4.69, 9.17) is 0 Å². The van der Waals surface area contributed by atoms with Crippen LogP contribution in [0.15, 0.2) is 11.6 Å². The molecule has 0 aromatic carbocycles. The van der Waals surface area contributed by atoms with E-state index in [2.05, 4.69) is 14.8 Å². The Morgan fingerprint density at radius 1 is 1.52 bits per heavy atom. The van der Waals surface area contributed by atoms with E-state index in [0.29, 0.717) is 5.69 Å². The Balaban J connectivity index is 1.77. The lowest BCUT2D eigenvalue weighted by Crippen LogP contribution is -2.31. The van der Waals surface area contributed by atoms with Gasteiger partial charge in [0.05, 0.1) is 22.4 Å². The maximum absolute atomic E-state index is 12.3. The summed E-state index contributed by atoms with van der Waals surface area (Å²) in [6.45, 7) is 1.87. The number of hydrogen-bond donors (Lipinski definition) is 1. The average molecular weight is 326 g/mol. The van der Waals surface area contributed by atoms with Crippen LogP contribution >= 0.6 is 11.3 Å². The van der Waals surface area contributed by atoms with Crippen LogP contribution in [0.25, 0.3) is 0 Å². The largest absolute Gasteiger partial charge is 0.275 e. The second-order valence-corrected chi connectivity index (χ2v) is 8.20. The van der Waals surface area contributed by atoms with Gasteiger partial charge in [0, 0.05) is 24.2 Å². The summed E-state index contributed by atoms with van der Waals surface area (Å²) in [5.41, 5.74) is 2.61. The van der Waals surface area contributed by atoms with Gasteiger partial charge < -0.3 is 0 Å². The topological polar surface area (TPSA) is 76.9 Å². The number of fused-ring (bicyclic) bond motifs is 1. The molecule has 0 fully saturated rings. The molecule has 1 unspecified atom stereocenters. The van der Waals surface area contributed by atoms with Gasteiger partial charge in [0.15, 0.2) is 0 Å². The number of sulfonamides is 1. The zero-order valence-corrected chi connectivity index (χ0v) is 13.7. The standard InChI is InChI=1S/C13H18N4O2S2/c1-9-14-10(7-20-9)8-21(18,19)16-13-5-3-4-12-11(13)6-17(2)15-12/h6-7,13,16H,3-5,8H2,1-2H3. The Hall–Kier alpha value is -1.25. The minimum Gasteiger partial charge on any atom is -0.275 e. The minimum atomic E-state index is -3.40. The van der Waals surface area contributed by atoms with Gasteiger partial charge in [-0.25, -0.2) is 18.1 Å². The van der Waals surface area contributed by atoms with Gasteiger partial charge in [-0.3, -0.25) is 4.68 Å². The van der Waals surface area contributed by atoms with Gasteiger partial charge in [0.2, 0.25) is 10.0 Å². The molecule has 2 heterocycles. The van der Waals surface area contributed by atoms with Crippen LogP contribution in [0.2, 0.25) is 0 Å². The van der Waals surface area contributed by atoms with Crippen molar-refractivity contribution in [1.82, 2.24) is 19.5 Å². The molecule has 1 N–H and O–H groups in total. The van der Waals surface area contributed by atoms with Gasteiger partial charge in [0.1, 0.15) is 5.75 Å². The third kappa shape index (κ3) is 3.33. The smallest absolute Gasteiger partial charge is 0.217 e. The first-order valence-corrected chi connectivity index (χ1v) is 9.39. The van der Waals surface area contributed by atoms with Gasteiger partial charge >= 0.3 is 0 Å². The number of nitrogens with zero attached hydrogens (tertiary/aromatic N) is 3. The maximum Gasteiger partial charge on any atom is 0.217 e. The van der Waals surface area contributed by atoms with Crippen molar-refractivity contribution in [3.05, 3.63) is 33.5 Å². The quantitative estimate of drug-likeness (QED) is 0.927. The maximum atomic E-state index is 12.3. The van der Waals surface area contributed by atoms with E-state index in [1.54, 1.807) is 10.1 Å². The lowest BCUT2D eigenvalue weighted by molar-refractivity contribution is 0.505. The Labute approximate surface area is 128 Å². The predicted molar refractivity (Wildman–Crippen MR) is 81.5 cm³/mol. The van der Waals surface area contributed by atoms with E-state index in [-0.39, 0.29) is 11.8 Å². The number of nitrogens with one attached hydrogen (secondary N) is 1. The molecule has 21 heavy (non-hydrogen) atoms. The summed E-state index contributed by atoms with van der Waals surface area (Å²) in [6.07, 6.45) is 4.59. The fraction of sp³-hybridized carbons (Fsp3) is 0.538. The molecule has 2 aromatic heterocycles. The highest BCUT2D eigenvalue weighted by Gasteiger charge is 2.27. The summed E-state index contributed by atoms with van der Waals surface area (Å²) in [5, 5.41) is 7.07. The molecule has 0 spiro atoms. The molecule has 0 aliphatic heterocycles. The van der Waals surface area contributed by atoms with Crippen LogP contribution in [0.3, 0.4) is 0 Å². The highest BCUT2D eigenvalue weighted by Crippen LogP contribution is 2.29. The van der Waals surface area contributed by atoms with E-state index in [0.717, 1.165) is 35.5 Å². The molecule has 0 radical (unpaired) electrons. The summed E-state index contributed by atoms with van der Waals surface area (Å²) < 4.78 is 29.2. The highest BCUT2D eigenvalue weighted by molar-refractivity contribution is 7.88. The third-order valence-corrected chi connectivity index (χ3v) is 5.69. The number of hydrogen-bond acceptors (Lipinski definition) is 5. The van der Waals surface area contributed by atoms with Gasteiger partial charge in [-0.1, -0.05) is 0 Å². The van der Waals surface area contributed by atoms with Crippen LogP contribution in [-0.2, 0) is 29.2 Å². The molecule has 114 valence electrons. The van der Waals surface area contributed by atoms with Crippen molar-refractivity contribution in [2.75, 3.05) is 0 Å². The Kier molecular flexibility index (Phi) is 3.85. The van der Waals surface area contributed by atoms with Crippen molar-refractivity contribution in [3.63, 3.8) is 0 Å². The van der Waals surface area contributed by atoms with Crippen LogP contribution < -0.4 is 4.72 Å². The van der Waals surface area contributed by atoms with Crippen LogP contribution in [0.1, 0.15) is 40.8 Å². The molecule has 0 bridgehead atoms. The first kappa shape index (κ1) is 14.7. The molecule has 1 aliphatic rings. The first-order chi connectivity index (χ1) is 9.93. The zero-order chi connectivity index (χ0) is 15.0. The zero-order valence-electron chi connectivity index (χ0n) is 12.0. The lowest BCUT2D eigenvalue weighted by Gasteiger charge is -2.22. The van der Waals surface area contributed by atoms with E-state index in [9.17, 15) is 8.42 Å². The monoisotopic (exact) mass is 326 g/mol. The van der Waals surface area contributed by atoms with E-state index < -0.39 is 10.0 Å². The number of rotatable bonds is 4. The highest BCUT2D eigenvalue weighted by atomic mass is 32.2. The Morgan fingerprint density at radius 3 is 3.05 bits per heavy atom. The number of aryl methyl sites for hydroxylation is 3. The molecular formula is C13H18N4O2S2. The van der Waals surface area contributed by atoms with Crippen molar-refractivity contribution < 1.29 is 8.42 Å². The van der Waals surface area contributed by atoms with Crippen molar-refractivity contribution in [2.24, 2.45) is 7.05 Å². The lowest BCUT2D eigenvalue weighted by atomic mass is 9.94. The minimum absolute atomic E-state index is 0.0660. The third-order valence-electron chi connectivity index (χ3n) is 3.55. The van der Waals surface area contributed by atoms with Gasteiger partial charge in [0.25, 0.3) is 0 Å². The summed E-state index contributed by atoms with van der Waals surface area (Å²) in [7, 11) is -1.53. The number of thiazole rings is 1. The van der Waals surface area contributed by atoms with Gasteiger partial charge in [-0.15, -0.1) is 11.3 Å². The summed E-state index contributed by atoms with van der Waals surface area (Å²) in [6, 6.07) is -0.174. The van der Waals surface area contributed by atoms with E-state index >= 15 is 0 Å². The Morgan fingerprint density at radius 2 is 2.33 bits per heavy atom. The van der Waals surface area contributed by atoms with Crippen molar-refractivity contribution in [1.29, 1.82) is 0 Å². The molecule has 2 aromatic rings. The average Bonchev–Trinajstić information content (AvgIpc) is 2.94. The van der Waals surface area contributed by atoms with E-state index in [1.165, 1.54) is 11.3 Å². The van der Waals surface area contributed by atoms with Crippen LogP contribution in [0.4, 0.5) is 0 Å². The SMILES string of the molecule is Cc1nc(CS(=O)(=O)NC2CCCc3nn(C)cc32)cs1. The first-order valence-electron chi connectivity index (χ1n) is 6.86. The molecule has 6 nitrogen and oxygen atoms in total. The fourth-order valence-corrected chi connectivity index (χ4v) is 4.73. The molecule has 8 heteroatoms. The molecule has 1 aliphatic carbocycles. The summed E-state index contributed by atoms with van der Waals surface area (Å²) >= 11 is 1.47. The summed E-state index contributed by atoms with van der Waals surface area (Å²) in [5.74, 6) is -0.0660. The van der Waals surface area contributed by atoms with Crippen molar-refractivity contribution in [3.8, 4) is 0 Å². The van der Waals surface area contributed by atoms with E-state index in [1.807, 2.05) is 20.2 Å². The molecule has 0 saturated heterocycles. The second kappa shape index (κ2) is 5.51. The molecule has 0 saturated carbocycles. The van der Waals surface area contributed by atoms with Crippen molar-refractivity contribution in [2.45, 2.75) is 38.0 Å². The van der Waals surface area contributed by atoms with Crippen LogP contribution in [0, 0.1) is 6.92 Å². The van der Waals surface area contributed by atoms with Gasteiger partial charge in [-0.05, 0) is 26.2 Å². The normalized spacial score (nSPS) is 18.7. The van der Waals surface area contributed by atoms with Crippen LogP contribution in [-0.4, -0.2) is 23.2 Å². The fourth-order valence-electron chi connectivity index (χ4n) is 2.72.